The van der Waals surface area contributed by atoms with Gasteiger partial charge in [-0.15, -0.1) is 0 Å². The van der Waals surface area contributed by atoms with Crippen LogP contribution in [0.1, 0.15) is 206 Å². The lowest BCUT2D eigenvalue weighted by Gasteiger charge is -2.31. The third-order valence-corrected chi connectivity index (χ3v) is 20.8. The molecule has 12 rings (SSSR count). The van der Waals surface area contributed by atoms with E-state index in [4.69, 9.17) is 59.0 Å². The van der Waals surface area contributed by atoms with Gasteiger partial charge < -0.3 is 62.4 Å². The van der Waals surface area contributed by atoms with Crippen LogP contribution in [0, 0.1) is 20.8 Å². The molecule has 12 N–H and O–H groups in total. The second-order valence-electron chi connectivity index (χ2n) is 34.9. The summed E-state index contributed by atoms with van der Waals surface area (Å²) in [5, 5.41) is 20.5. The summed E-state index contributed by atoms with van der Waals surface area (Å²) in [6.07, 6.45) is 4.94. The Morgan fingerprint density at radius 2 is 0.612 bits per heavy atom. The number of nitrogens with zero attached hydrogens (tertiary/aromatic N) is 9. The van der Waals surface area contributed by atoms with Gasteiger partial charge in [0.1, 0.15) is 37.6 Å². The monoisotopic (exact) mass is 1600 g/mol. The lowest BCUT2D eigenvalue weighted by atomic mass is 9.78. The minimum absolute atomic E-state index is 0.147. The van der Waals surface area contributed by atoms with Crippen LogP contribution in [0.3, 0.4) is 0 Å². The number of rotatable bonds is 24. The van der Waals surface area contributed by atoms with E-state index in [9.17, 15) is 28.8 Å². The Balaban J connectivity index is 0.997. The minimum atomic E-state index is -5.35. The Kier molecular flexibility index (Phi) is 22.1. The largest absolute Gasteiger partial charge is 0.480 e. The number of primary amides is 3. The fraction of sp³-hybridized carbons (Fsp3) is 0.357. The van der Waals surface area contributed by atoms with Gasteiger partial charge in [0.2, 0.25) is 35.6 Å². The van der Waals surface area contributed by atoms with Crippen LogP contribution in [0.4, 0.5) is 69.4 Å². The molecule has 608 valence electrons. The summed E-state index contributed by atoms with van der Waals surface area (Å²) in [4.78, 5) is 109. The third kappa shape index (κ3) is 17.5. The highest BCUT2D eigenvalue weighted by Gasteiger charge is 2.39. The molecule has 0 aliphatic rings. The maximum Gasteiger partial charge on any atom is 0.480 e. The zero-order chi connectivity index (χ0) is 84.6. The summed E-state index contributed by atoms with van der Waals surface area (Å²) >= 11 is 0. The number of aryl methyl sites for hydroxylation is 3. The van der Waals surface area contributed by atoms with Crippen LogP contribution < -0.4 is 66.4 Å². The molecule has 6 aromatic heterocycles. The molecule has 0 fully saturated rings. The van der Waals surface area contributed by atoms with Crippen LogP contribution in [-0.4, -0.2) is 61.3 Å². The molecule has 0 radical (unpaired) electrons. The maximum atomic E-state index is 16.6. The predicted molar refractivity (Wildman–Crippen MR) is 449 cm³/mol. The van der Waals surface area contributed by atoms with Crippen molar-refractivity contribution in [2.24, 2.45) is 17.2 Å². The molecule has 6 aromatic carbocycles. The van der Waals surface area contributed by atoms with E-state index in [1.165, 1.54) is 13.7 Å². The number of fused-ring (bicyclic) bond motifs is 3. The first-order chi connectivity index (χ1) is 54.0. The first-order valence-electron chi connectivity index (χ1n) is 37.6. The van der Waals surface area contributed by atoms with Gasteiger partial charge in [0.15, 0.2) is 16.7 Å². The van der Waals surface area contributed by atoms with Crippen LogP contribution in [-0.2, 0) is 70.8 Å². The average Bonchev–Trinajstić information content (AvgIpc) is 1.55. The second-order valence-corrected chi connectivity index (χ2v) is 36.6. The fourth-order valence-corrected chi connectivity index (χ4v) is 14.7. The first-order valence-corrected chi connectivity index (χ1v) is 39.0. The molecule has 6 heterocycles. The normalized spacial score (nSPS) is 12.6. The van der Waals surface area contributed by atoms with Crippen molar-refractivity contribution in [2.75, 3.05) is 31.9 Å². The summed E-state index contributed by atoms with van der Waals surface area (Å²) in [6, 6.07) is 24.9. The number of amides is 3. The quantitative estimate of drug-likeness (QED) is 0.0254. The number of phosphoric ester groups is 1. The van der Waals surface area contributed by atoms with Gasteiger partial charge in [-0.1, -0.05) is 125 Å². The van der Waals surface area contributed by atoms with Crippen molar-refractivity contribution < 1.29 is 45.8 Å². The lowest BCUT2D eigenvalue weighted by molar-refractivity contribution is 0.0520. The number of aromatic nitrogens is 9. The minimum Gasteiger partial charge on any atom is -0.408 e. The number of nitrogens with two attached hydrogens (primary N) is 3. The SMILES string of the molecule is Cc1cnc(Nc2ccc(C(N)=O)cc2)nc1Nc1c(C(C)(C)C)cc2oc(=O)n(COP(=O)(OCn3c(=O)oc4cc(C(C)(C)C)c(Nc5nc(Nc6ccc(C(N)=O)cc6)ncc5C)c(C(C)(C)C)c43)OCn3c(=O)oc4cc(C(C)(C)C)c(Nc5nc(Nc6ccc(C(N)=O)cc6)ncc5C)c(C(C)(C)C)c43)c2c1C(C)(C)C. The van der Waals surface area contributed by atoms with Gasteiger partial charge in [0, 0.05) is 103 Å². The van der Waals surface area contributed by atoms with Crippen LogP contribution in [0.5, 0.6) is 0 Å². The Bertz CT molecular complexity index is 5530. The van der Waals surface area contributed by atoms with Crippen LogP contribution >= 0.6 is 7.82 Å². The molecule has 32 heteroatoms. The van der Waals surface area contributed by atoms with E-state index in [0.717, 1.165) is 16.7 Å². The Hall–Kier alpha value is -12.3. The number of hydrogen-bond donors (Lipinski definition) is 9. The Morgan fingerprint density at radius 1 is 0.379 bits per heavy atom. The van der Waals surface area contributed by atoms with Crippen LogP contribution in [0.25, 0.3) is 33.3 Å². The van der Waals surface area contributed by atoms with Gasteiger partial charge in [-0.25, -0.2) is 47.6 Å². The molecule has 0 saturated carbocycles. The first kappa shape index (κ1) is 83.1. The number of hydrogen-bond acceptors (Lipinski definition) is 25. The van der Waals surface area contributed by atoms with E-state index in [2.05, 4.69) is 46.9 Å². The smallest absolute Gasteiger partial charge is 0.408 e. The molecule has 0 spiro atoms. The average molecular weight is 1600 g/mol. The number of anilines is 12. The fourth-order valence-electron chi connectivity index (χ4n) is 13.7. The molecule has 0 bridgehead atoms. The highest BCUT2D eigenvalue weighted by molar-refractivity contribution is 7.48. The topological polar surface area (TPSA) is 429 Å². The Morgan fingerprint density at radius 3 is 0.819 bits per heavy atom. The summed E-state index contributed by atoms with van der Waals surface area (Å²) in [5.41, 5.74) is 23.5. The number of phosphoric acid groups is 1. The van der Waals surface area contributed by atoms with Crippen molar-refractivity contribution in [1.29, 1.82) is 0 Å². The van der Waals surface area contributed by atoms with E-state index in [1.807, 2.05) is 145 Å². The molecule has 0 aliphatic heterocycles. The molecule has 12 aromatic rings. The highest BCUT2D eigenvalue weighted by Crippen LogP contribution is 2.54. The summed E-state index contributed by atoms with van der Waals surface area (Å²) in [5.74, 6) is -2.69. The van der Waals surface area contributed by atoms with Gasteiger partial charge >= 0.3 is 25.1 Å². The van der Waals surface area contributed by atoms with Crippen LogP contribution in [0.2, 0.25) is 0 Å². The third-order valence-electron chi connectivity index (χ3n) is 19.5. The Labute approximate surface area is 669 Å². The number of carbonyl (C=O) groups excluding carboxylic acids is 3. The van der Waals surface area contributed by atoms with Crippen LogP contribution in [0.15, 0.2) is 137 Å². The maximum absolute atomic E-state index is 16.6. The van der Waals surface area contributed by atoms with E-state index in [0.29, 0.717) is 102 Å². The second kappa shape index (κ2) is 30.8. The molecular weight excluding hydrogens is 1500 g/mol. The lowest BCUT2D eigenvalue weighted by Crippen LogP contribution is -2.25. The van der Waals surface area contributed by atoms with Crippen molar-refractivity contribution in [2.45, 2.75) is 198 Å². The van der Waals surface area contributed by atoms with E-state index >= 15 is 4.57 Å². The molecule has 0 saturated heterocycles. The molecule has 116 heavy (non-hydrogen) atoms. The van der Waals surface area contributed by atoms with Gasteiger partial charge in [-0.3, -0.25) is 28.0 Å². The van der Waals surface area contributed by atoms with Crippen molar-refractivity contribution in [3.8, 4) is 0 Å². The predicted octanol–water partition coefficient (Wildman–Crippen LogP) is 16.7. The number of oxazole rings is 3. The van der Waals surface area contributed by atoms with E-state index in [1.54, 1.807) is 110 Å². The van der Waals surface area contributed by atoms with Crippen molar-refractivity contribution in [3.05, 3.63) is 208 Å². The number of nitrogens with one attached hydrogen (secondary N) is 6. The van der Waals surface area contributed by atoms with Gasteiger partial charge in [-0.05, 0) is 161 Å². The van der Waals surface area contributed by atoms with Gasteiger partial charge in [-0.2, -0.15) is 15.0 Å². The zero-order valence-corrected chi connectivity index (χ0v) is 69.9. The van der Waals surface area contributed by atoms with Gasteiger partial charge in [0.05, 0.1) is 16.6 Å². The van der Waals surface area contributed by atoms with Gasteiger partial charge in [0.25, 0.3) is 0 Å². The van der Waals surface area contributed by atoms with Crippen molar-refractivity contribution in [3.63, 3.8) is 0 Å². The number of benzene rings is 6. The van der Waals surface area contributed by atoms with Crippen molar-refractivity contribution >= 4 is 128 Å². The number of carbonyl (C=O) groups is 3. The molecule has 0 atom stereocenters. The molecule has 0 aliphatic carbocycles. The van der Waals surface area contributed by atoms with Crippen molar-refractivity contribution in [1.82, 2.24) is 43.6 Å². The highest BCUT2D eigenvalue weighted by atomic mass is 31.2. The zero-order valence-electron chi connectivity index (χ0n) is 69.0. The summed E-state index contributed by atoms with van der Waals surface area (Å²) in [6.45, 7) is 38.6. The molecule has 0 unspecified atom stereocenters. The van der Waals surface area contributed by atoms with E-state index in [-0.39, 0.29) is 51.1 Å². The molecule has 31 nitrogen and oxygen atoms in total. The summed E-state index contributed by atoms with van der Waals surface area (Å²) in [7, 11) is -5.35. The summed E-state index contributed by atoms with van der Waals surface area (Å²) < 4.78 is 58.3. The molecule has 3 amide bonds. The molecular formula is C84H99N18O13P. The van der Waals surface area contributed by atoms with E-state index < -0.39 is 95.5 Å². The standard InChI is InChI=1S/C84H99N18O13P/c1-43-37-88-73(91-49-28-22-46(23-29-49)67(85)103)97-70(43)94-61-52(79(4,5)6)34-55-64(58(61)82(13,14)15)100(76(106)113-55)40-110-116(109,111-41-101-65-56(114-77(101)107)35-53(80(7,8)9)62(59(65)83(16,17)18)95-71-44(2)38-89-74(98-71)92-50-30-24-47(25-31-50)68(86)104)112-42-102-66-57(115-78(102)108)36-54(81(10,11)12)63(60(66)84(19,20)21)96-72-45(3)39-90-75(99-72)93-51-32-26-48(27-33-51)69(87)105/h22-39H,40-42H2,1-21H3,(H2,85,103)(H2,86,104)(H2,87,105)(H2,88,91,94,97)(H2,89,92,95,98)(H2,90,93,96,99).